The largest absolute Gasteiger partial charge is 0.481 e. The summed E-state index contributed by atoms with van der Waals surface area (Å²) >= 11 is 1.12. The summed E-state index contributed by atoms with van der Waals surface area (Å²) < 4.78 is 31.7. The van der Waals surface area contributed by atoms with E-state index in [0.717, 1.165) is 36.2 Å². The van der Waals surface area contributed by atoms with Crippen molar-refractivity contribution in [2.75, 3.05) is 20.2 Å². The van der Waals surface area contributed by atoms with Gasteiger partial charge in [-0.1, -0.05) is 25.0 Å². The fourth-order valence-corrected chi connectivity index (χ4v) is 8.65. The van der Waals surface area contributed by atoms with E-state index in [-0.39, 0.29) is 40.8 Å². The second-order valence-corrected chi connectivity index (χ2v) is 15.0. The van der Waals surface area contributed by atoms with Crippen molar-refractivity contribution in [3.63, 3.8) is 0 Å². The topological polar surface area (TPSA) is 173 Å². The number of alkyl halides is 1. The Hall–Kier alpha value is -3.89. The number of halogens is 1. The summed E-state index contributed by atoms with van der Waals surface area (Å²) in [6, 6.07) is 9.86. The quantitative estimate of drug-likeness (QED) is 0.308. The lowest BCUT2D eigenvalue weighted by Crippen LogP contribution is -2.56. The van der Waals surface area contributed by atoms with Crippen molar-refractivity contribution in [3.8, 4) is 11.9 Å². The van der Waals surface area contributed by atoms with Crippen LogP contribution in [0.15, 0.2) is 42.6 Å². The van der Waals surface area contributed by atoms with Crippen molar-refractivity contribution in [2.24, 2.45) is 5.92 Å². The number of benzene rings is 1. The minimum absolute atomic E-state index is 0.134. The molecule has 3 aliphatic heterocycles. The van der Waals surface area contributed by atoms with E-state index in [4.69, 9.17) is 4.74 Å². The van der Waals surface area contributed by atoms with Gasteiger partial charge in [0.15, 0.2) is 0 Å². The smallest absolute Gasteiger partial charge is 0.363 e. The van der Waals surface area contributed by atoms with Crippen LogP contribution < -0.4 is 10.1 Å². The number of nitriles is 1. The molecule has 6 atom stereocenters. The number of nitrogens with zero attached hydrogens (tertiary/aromatic N) is 4. The third-order valence-electron chi connectivity index (χ3n) is 9.45. The van der Waals surface area contributed by atoms with Crippen molar-refractivity contribution in [1.29, 1.82) is 5.26 Å². The molecule has 248 valence electrons. The summed E-state index contributed by atoms with van der Waals surface area (Å²) in [5, 5.41) is 13.3. The number of pyridine rings is 1. The summed E-state index contributed by atoms with van der Waals surface area (Å²) in [6.45, 7) is 0.528. The van der Waals surface area contributed by atoms with Gasteiger partial charge in [-0.05, 0) is 60.9 Å². The lowest BCUT2D eigenvalue weighted by atomic mass is 9.90. The monoisotopic (exact) mass is 683 g/mol. The number of likely N-dealkylation sites (tertiary alicyclic amines) is 1. The molecule has 0 radical (unpaired) electrons. The molecule has 3 saturated heterocycles. The molecule has 15 heteroatoms. The summed E-state index contributed by atoms with van der Waals surface area (Å²) in [5.41, 5.74) is 0.571. The Labute approximate surface area is 274 Å². The number of aromatic nitrogens is 1. The highest BCUT2D eigenvalue weighted by molar-refractivity contribution is 7.51. The highest BCUT2D eigenvalue weighted by Crippen LogP contribution is 2.53. The normalized spacial score (nSPS) is 25.5. The van der Waals surface area contributed by atoms with E-state index in [0.29, 0.717) is 41.8 Å². The first-order chi connectivity index (χ1) is 22.5. The third-order valence-corrected chi connectivity index (χ3v) is 11.5. The molecule has 0 aliphatic carbocycles. The van der Waals surface area contributed by atoms with Gasteiger partial charge in [-0.25, -0.2) is 9.37 Å². The number of carbonyl (C=O) groups excluding carboxylic acids is 3. The van der Waals surface area contributed by atoms with Crippen LogP contribution in [0.5, 0.6) is 5.88 Å². The van der Waals surface area contributed by atoms with Crippen LogP contribution >= 0.6 is 18.9 Å². The second kappa shape index (κ2) is 13.3. The van der Waals surface area contributed by atoms with E-state index in [1.54, 1.807) is 22.1 Å². The molecule has 3 amide bonds. The number of fused-ring (bicyclic) bond motifs is 2. The first kappa shape index (κ1) is 33.0. The van der Waals surface area contributed by atoms with Gasteiger partial charge in [-0.15, -0.1) is 11.3 Å². The molecule has 1 aromatic carbocycles. The molecule has 3 fully saturated rings. The first-order valence-corrected chi connectivity index (χ1v) is 18.0. The maximum Gasteiger partial charge on any atom is 0.363 e. The van der Waals surface area contributed by atoms with Gasteiger partial charge in [0, 0.05) is 41.5 Å². The van der Waals surface area contributed by atoms with Crippen LogP contribution in [-0.2, 0) is 14.2 Å². The molecule has 0 saturated carbocycles. The van der Waals surface area contributed by atoms with Gasteiger partial charge in [-0.2, -0.15) is 5.26 Å². The van der Waals surface area contributed by atoms with Crippen molar-refractivity contribution < 1.29 is 37.9 Å². The van der Waals surface area contributed by atoms with E-state index in [9.17, 15) is 38.4 Å². The predicted octanol–water partition coefficient (Wildman–Crippen LogP) is 4.25. The zero-order chi connectivity index (χ0) is 33.5. The standard InChI is InChI=1S/C32H35FN5O7PS/c1-45-30-22(6-4-12-35-30)23-17-37(16-20(23)15-34)32(41)25-10-9-21-5-2-3-7-24(31(40)38(21)25)36-29(39)27-14-19-13-18(8-11-26(19)47-27)28(33)46(42,43)44/h4,6,8,11-14,20-21,23-25,28H,2-3,5,7,9-10,16-17H2,1H3,(H,36,39)(H2,42,43,44)/t20-,21+,23?,24?,25+,28?/m1/s1. The number of rotatable bonds is 7. The highest BCUT2D eigenvalue weighted by Gasteiger charge is 2.47. The maximum atomic E-state index is 14.3. The number of hydrogen-bond donors (Lipinski definition) is 3. The summed E-state index contributed by atoms with van der Waals surface area (Å²) in [7, 11) is -3.48. The van der Waals surface area contributed by atoms with Crippen molar-refractivity contribution in [1.82, 2.24) is 20.1 Å². The fourth-order valence-electron chi connectivity index (χ4n) is 7.15. The molecule has 3 aromatic rings. The van der Waals surface area contributed by atoms with Gasteiger partial charge in [0.05, 0.1) is 24.0 Å². The van der Waals surface area contributed by atoms with Gasteiger partial charge in [0.2, 0.25) is 23.6 Å². The Morgan fingerprint density at radius 2 is 1.96 bits per heavy atom. The van der Waals surface area contributed by atoms with E-state index in [1.807, 2.05) is 6.07 Å². The Bertz CT molecular complexity index is 1790. The second-order valence-electron chi connectivity index (χ2n) is 12.3. The highest BCUT2D eigenvalue weighted by atomic mass is 32.1. The molecule has 2 aromatic heterocycles. The molecule has 3 aliphatic rings. The molecule has 5 heterocycles. The minimum Gasteiger partial charge on any atom is -0.481 e. The minimum atomic E-state index is -5.00. The van der Waals surface area contributed by atoms with Gasteiger partial charge in [0.25, 0.3) is 5.91 Å². The van der Waals surface area contributed by atoms with Gasteiger partial charge in [0.1, 0.15) is 12.1 Å². The Morgan fingerprint density at radius 3 is 2.70 bits per heavy atom. The van der Waals surface area contributed by atoms with Crippen LogP contribution in [0.1, 0.15) is 71.2 Å². The molecule has 47 heavy (non-hydrogen) atoms. The van der Waals surface area contributed by atoms with E-state index >= 15 is 0 Å². The van der Waals surface area contributed by atoms with Crippen molar-refractivity contribution in [2.45, 2.75) is 68.5 Å². The number of methoxy groups -OCH3 is 1. The van der Waals surface area contributed by atoms with E-state index in [2.05, 4.69) is 16.4 Å². The lowest BCUT2D eigenvalue weighted by Gasteiger charge is -2.36. The Kier molecular flexibility index (Phi) is 9.36. The zero-order valence-corrected chi connectivity index (χ0v) is 27.3. The van der Waals surface area contributed by atoms with Crippen LogP contribution in [0, 0.1) is 17.2 Å². The Morgan fingerprint density at radius 1 is 1.17 bits per heavy atom. The number of thiophene rings is 1. The Balaban J connectivity index is 1.19. The average molecular weight is 684 g/mol. The van der Waals surface area contributed by atoms with Crippen molar-refractivity contribution >= 4 is 46.7 Å². The fraction of sp³-hybridized carbons (Fsp3) is 0.469. The number of amides is 3. The molecule has 0 bridgehead atoms. The summed E-state index contributed by atoms with van der Waals surface area (Å²) in [4.78, 5) is 67.9. The third kappa shape index (κ3) is 6.50. The average Bonchev–Trinajstić information content (AvgIpc) is 3.80. The van der Waals surface area contributed by atoms with Gasteiger partial charge < -0.3 is 29.6 Å². The van der Waals surface area contributed by atoms with Crippen LogP contribution in [0.3, 0.4) is 0 Å². The maximum absolute atomic E-state index is 14.3. The van der Waals surface area contributed by atoms with Crippen LogP contribution in [0.2, 0.25) is 0 Å². The molecular weight excluding hydrogens is 648 g/mol. The van der Waals surface area contributed by atoms with E-state index in [1.165, 1.54) is 31.4 Å². The summed E-state index contributed by atoms with van der Waals surface area (Å²) in [6.07, 6.45) is 5.49. The van der Waals surface area contributed by atoms with Gasteiger partial charge in [-0.3, -0.25) is 18.9 Å². The molecule has 3 N–H and O–H groups in total. The zero-order valence-electron chi connectivity index (χ0n) is 25.6. The predicted molar refractivity (Wildman–Crippen MR) is 170 cm³/mol. The number of ether oxygens (including phenoxy) is 1. The molecule has 6 rings (SSSR count). The molecule has 12 nitrogen and oxygen atoms in total. The molecule has 3 unspecified atom stereocenters. The number of hydrogen-bond acceptors (Lipinski definition) is 8. The number of nitrogens with one attached hydrogen (secondary N) is 1. The van der Waals surface area contributed by atoms with Gasteiger partial charge >= 0.3 is 7.60 Å². The molecular formula is C32H35FN5O7PS. The van der Waals surface area contributed by atoms with Crippen LogP contribution in [0.25, 0.3) is 10.1 Å². The van der Waals surface area contributed by atoms with E-state index < -0.39 is 37.4 Å². The van der Waals surface area contributed by atoms with Crippen molar-refractivity contribution in [3.05, 3.63) is 58.6 Å². The van der Waals surface area contributed by atoms with Crippen LogP contribution in [0.4, 0.5) is 4.39 Å². The van der Waals surface area contributed by atoms with Crippen LogP contribution in [-0.4, -0.2) is 80.6 Å². The first-order valence-electron chi connectivity index (χ1n) is 15.5. The SMILES string of the molecule is COc1ncccc1C1CN(C(=O)[C@@H]2CC[C@@H]3CCCCC(NC(=O)c4cc5cc(C(F)P(=O)(O)O)ccc5s4)C(=O)N32)C[C@H]1C#N. The number of carbonyl (C=O) groups is 3. The lowest BCUT2D eigenvalue weighted by molar-refractivity contribution is -0.146. The molecule has 0 spiro atoms. The summed E-state index contributed by atoms with van der Waals surface area (Å²) in [5.74, 6) is -3.83.